The molecule has 1 fully saturated rings. The second-order valence-electron chi connectivity index (χ2n) is 9.41. The molecule has 2 N–H and O–H groups in total. The van der Waals surface area contributed by atoms with Gasteiger partial charge in [0.1, 0.15) is 16.1 Å². The molecule has 7 nitrogen and oxygen atoms in total. The smallest absolute Gasteiger partial charge is 0.254 e. The topological polar surface area (TPSA) is 78.3 Å². The van der Waals surface area contributed by atoms with Crippen LogP contribution in [0.1, 0.15) is 37.0 Å². The van der Waals surface area contributed by atoms with Crippen molar-refractivity contribution in [2.45, 2.75) is 39.3 Å². The third-order valence-electron chi connectivity index (χ3n) is 6.43. The maximum atomic E-state index is 13.3. The van der Waals surface area contributed by atoms with Crippen molar-refractivity contribution < 1.29 is 9.53 Å². The molecule has 8 heteroatoms. The first kappa shape index (κ1) is 22.0. The number of aryl methyl sites for hydroxylation is 1. The zero-order valence-corrected chi connectivity index (χ0v) is 20.5. The Morgan fingerprint density at radius 3 is 2.88 bits per heavy atom. The number of thiophene rings is 1. The molecule has 0 aliphatic carbocycles. The normalized spacial score (nSPS) is 16.9. The van der Waals surface area contributed by atoms with Crippen molar-refractivity contribution in [3.8, 4) is 17.3 Å². The summed E-state index contributed by atoms with van der Waals surface area (Å²) in [6.45, 7) is 6.70. The van der Waals surface area contributed by atoms with E-state index >= 15 is 0 Å². The number of piperidine rings is 1. The highest BCUT2D eigenvalue weighted by atomic mass is 32.1. The zero-order valence-electron chi connectivity index (χ0n) is 19.7. The first-order valence-electron chi connectivity index (χ1n) is 11.5. The molecule has 33 heavy (non-hydrogen) atoms. The van der Waals surface area contributed by atoms with Crippen molar-refractivity contribution >= 4 is 38.5 Å². The summed E-state index contributed by atoms with van der Waals surface area (Å²) in [6.07, 6.45) is 1.90. The highest BCUT2D eigenvalue weighted by Crippen LogP contribution is 2.36. The van der Waals surface area contributed by atoms with E-state index < -0.39 is 0 Å². The van der Waals surface area contributed by atoms with Crippen LogP contribution in [-0.4, -0.2) is 51.2 Å². The van der Waals surface area contributed by atoms with Crippen LogP contribution in [0.2, 0.25) is 0 Å². The fourth-order valence-corrected chi connectivity index (χ4v) is 5.81. The van der Waals surface area contributed by atoms with Crippen LogP contribution in [0.4, 0.5) is 0 Å². The van der Waals surface area contributed by atoms with Gasteiger partial charge in [0.2, 0.25) is 0 Å². The molecule has 0 bridgehead atoms. The molecule has 0 unspecified atom stereocenters. The molecule has 0 radical (unpaired) electrons. The van der Waals surface area contributed by atoms with Crippen LogP contribution in [0, 0.1) is 5.92 Å². The van der Waals surface area contributed by atoms with Crippen molar-refractivity contribution in [1.29, 1.82) is 0 Å². The Hall–Kier alpha value is -2.84. The molecule has 1 atom stereocenters. The second-order valence-corrected chi connectivity index (χ2v) is 10.3. The average molecular weight is 466 g/mol. The number of fused-ring (bicyclic) bond motifs is 2. The SMILES string of the molecule is COc1cc(C(=O)N2CCC[C@@H](N)C2)cc2nc(-c3cc4ccsc4n3CC(C)C)n(C)c12. The fourth-order valence-electron chi connectivity index (χ4n) is 4.90. The Morgan fingerprint density at radius 2 is 2.15 bits per heavy atom. The lowest BCUT2D eigenvalue weighted by Crippen LogP contribution is -2.45. The van der Waals surface area contributed by atoms with Crippen molar-refractivity contribution in [1.82, 2.24) is 19.0 Å². The van der Waals surface area contributed by atoms with Gasteiger partial charge in [-0.15, -0.1) is 11.3 Å². The van der Waals surface area contributed by atoms with Gasteiger partial charge in [-0.3, -0.25) is 4.79 Å². The average Bonchev–Trinajstić information content (AvgIpc) is 3.47. The van der Waals surface area contributed by atoms with E-state index in [0.29, 0.717) is 23.8 Å². The maximum Gasteiger partial charge on any atom is 0.254 e. The number of hydrogen-bond acceptors (Lipinski definition) is 5. The van der Waals surface area contributed by atoms with Crippen LogP contribution in [0.15, 0.2) is 29.6 Å². The number of ether oxygens (including phenoxy) is 1. The van der Waals surface area contributed by atoms with Crippen LogP contribution in [0.5, 0.6) is 5.75 Å². The molecule has 0 saturated carbocycles. The first-order valence-corrected chi connectivity index (χ1v) is 12.4. The minimum atomic E-state index is -0.0127. The predicted octanol–water partition coefficient (Wildman–Crippen LogP) is 4.48. The summed E-state index contributed by atoms with van der Waals surface area (Å²) in [5.41, 5.74) is 9.44. The lowest BCUT2D eigenvalue weighted by atomic mass is 10.0. The zero-order chi connectivity index (χ0) is 23.3. The molecule has 5 rings (SSSR count). The number of carbonyl (C=O) groups is 1. The van der Waals surface area contributed by atoms with E-state index in [4.69, 9.17) is 15.5 Å². The van der Waals surface area contributed by atoms with Gasteiger partial charge in [-0.2, -0.15) is 0 Å². The van der Waals surface area contributed by atoms with E-state index in [2.05, 4.69) is 40.5 Å². The van der Waals surface area contributed by atoms with Gasteiger partial charge in [-0.05, 0) is 48.4 Å². The summed E-state index contributed by atoms with van der Waals surface area (Å²) in [5, 5.41) is 3.36. The highest BCUT2D eigenvalue weighted by Gasteiger charge is 2.25. The van der Waals surface area contributed by atoms with Gasteiger partial charge < -0.3 is 24.5 Å². The Balaban J connectivity index is 1.63. The second kappa shape index (κ2) is 8.50. The van der Waals surface area contributed by atoms with E-state index in [-0.39, 0.29) is 11.9 Å². The van der Waals surface area contributed by atoms with Crippen LogP contribution < -0.4 is 10.5 Å². The summed E-state index contributed by atoms with van der Waals surface area (Å²) >= 11 is 1.75. The maximum absolute atomic E-state index is 13.3. The summed E-state index contributed by atoms with van der Waals surface area (Å²) in [7, 11) is 3.66. The molecule has 1 aliphatic rings. The third-order valence-corrected chi connectivity index (χ3v) is 7.38. The van der Waals surface area contributed by atoms with Crippen LogP contribution in [0.3, 0.4) is 0 Å². The summed E-state index contributed by atoms with van der Waals surface area (Å²) in [5.74, 6) is 2.02. The number of rotatable bonds is 5. The molecule has 0 spiro atoms. The number of aromatic nitrogens is 3. The number of amides is 1. The largest absolute Gasteiger partial charge is 0.494 e. The Morgan fingerprint density at radius 1 is 1.33 bits per heavy atom. The fraction of sp³-hybridized carbons (Fsp3) is 0.440. The number of imidazole rings is 1. The van der Waals surface area contributed by atoms with Crippen molar-refractivity contribution in [3.05, 3.63) is 35.2 Å². The van der Waals surface area contributed by atoms with Gasteiger partial charge in [0, 0.05) is 43.7 Å². The Bertz CT molecular complexity index is 1330. The molecular formula is C25H31N5O2S. The Labute approximate surface area is 197 Å². The Kier molecular flexibility index (Phi) is 5.66. The number of nitrogens with two attached hydrogens (primary N) is 1. The van der Waals surface area contributed by atoms with E-state index in [1.54, 1.807) is 18.4 Å². The highest BCUT2D eigenvalue weighted by molar-refractivity contribution is 7.16. The van der Waals surface area contributed by atoms with Crippen LogP contribution >= 0.6 is 11.3 Å². The van der Waals surface area contributed by atoms with Crippen molar-refractivity contribution in [2.75, 3.05) is 20.2 Å². The summed E-state index contributed by atoms with van der Waals surface area (Å²) in [4.78, 5) is 21.4. The van der Waals surface area contributed by atoms with Crippen molar-refractivity contribution in [2.24, 2.45) is 18.7 Å². The quantitative estimate of drug-likeness (QED) is 0.471. The van der Waals surface area contributed by atoms with Gasteiger partial charge in [-0.1, -0.05) is 13.8 Å². The van der Waals surface area contributed by atoms with Gasteiger partial charge in [0.05, 0.1) is 18.3 Å². The third kappa shape index (κ3) is 3.81. The minimum Gasteiger partial charge on any atom is -0.494 e. The molecule has 174 valence electrons. The van der Waals surface area contributed by atoms with Gasteiger partial charge in [-0.25, -0.2) is 4.98 Å². The summed E-state index contributed by atoms with van der Waals surface area (Å²) < 4.78 is 10.2. The van der Waals surface area contributed by atoms with Crippen molar-refractivity contribution in [3.63, 3.8) is 0 Å². The molecule has 4 aromatic rings. The molecule has 1 amide bonds. The van der Waals surface area contributed by atoms with E-state index in [0.717, 1.165) is 48.5 Å². The molecule has 1 saturated heterocycles. The summed E-state index contributed by atoms with van der Waals surface area (Å²) in [6, 6.07) is 8.13. The number of benzene rings is 1. The number of nitrogens with zero attached hydrogens (tertiary/aromatic N) is 4. The van der Waals surface area contributed by atoms with Gasteiger partial charge in [0.25, 0.3) is 5.91 Å². The van der Waals surface area contributed by atoms with Crippen LogP contribution in [0.25, 0.3) is 32.8 Å². The lowest BCUT2D eigenvalue weighted by molar-refractivity contribution is 0.0708. The minimum absolute atomic E-state index is 0.0127. The predicted molar refractivity (Wildman–Crippen MR) is 134 cm³/mol. The molecule has 1 aliphatic heterocycles. The van der Waals surface area contributed by atoms with E-state index in [9.17, 15) is 4.79 Å². The monoisotopic (exact) mass is 465 g/mol. The van der Waals surface area contributed by atoms with E-state index in [1.165, 1.54) is 10.2 Å². The number of methoxy groups -OCH3 is 1. The van der Waals surface area contributed by atoms with Gasteiger partial charge in [0.15, 0.2) is 5.82 Å². The number of carbonyl (C=O) groups excluding carboxylic acids is 1. The molecular weight excluding hydrogens is 434 g/mol. The first-order chi connectivity index (χ1) is 15.9. The molecule has 4 heterocycles. The number of hydrogen-bond donors (Lipinski definition) is 1. The molecule has 3 aromatic heterocycles. The molecule has 1 aromatic carbocycles. The van der Waals surface area contributed by atoms with Gasteiger partial charge >= 0.3 is 0 Å². The lowest BCUT2D eigenvalue weighted by Gasteiger charge is -2.30. The van der Waals surface area contributed by atoms with E-state index in [1.807, 2.05) is 24.1 Å². The number of likely N-dealkylation sites (tertiary alicyclic amines) is 1. The van der Waals surface area contributed by atoms with Crippen LogP contribution in [-0.2, 0) is 13.6 Å². The standard InChI is InChI=1S/C25H31N5O2S/c1-15(2)13-30-20(11-16-7-9-33-25(16)30)23-27-19-10-17(12-21(32-4)22(19)28(23)3)24(31)29-8-5-6-18(26)14-29/h7,9-12,15,18H,5-6,8,13-14,26H2,1-4H3/t18-/m1/s1.